The van der Waals surface area contributed by atoms with Crippen LogP contribution in [0.4, 0.5) is 23.7 Å². The highest BCUT2D eigenvalue weighted by molar-refractivity contribution is 9.10. The highest BCUT2D eigenvalue weighted by Gasteiger charge is 2.35. The van der Waals surface area contributed by atoms with E-state index in [-0.39, 0.29) is 11.4 Å². The average molecular weight is 468 g/mol. The Morgan fingerprint density at radius 3 is 2.48 bits per heavy atom. The van der Waals surface area contributed by atoms with Crippen molar-refractivity contribution in [1.29, 1.82) is 0 Å². The molecule has 0 saturated carbocycles. The molecule has 1 aliphatic heterocycles. The molecule has 2 aromatic carbocycles. The molecule has 0 radical (unpaired) electrons. The van der Waals surface area contributed by atoms with Crippen molar-refractivity contribution in [2.75, 3.05) is 11.9 Å². The fourth-order valence-corrected chi connectivity index (χ4v) is 2.82. The number of alkyl halides is 3. The van der Waals surface area contributed by atoms with E-state index in [2.05, 4.69) is 26.6 Å². The zero-order valence-corrected chi connectivity index (χ0v) is 16.2. The van der Waals surface area contributed by atoms with Gasteiger partial charge >= 0.3 is 12.2 Å². The van der Waals surface area contributed by atoms with E-state index in [1.807, 2.05) is 0 Å². The summed E-state index contributed by atoms with van der Waals surface area (Å²) >= 11 is 3.29. The molecule has 0 spiro atoms. The number of halogens is 4. The number of rotatable bonds is 4. The Hall–Kier alpha value is -3.14. The summed E-state index contributed by atoms with van der Waals surface area (Å²) in [7, 11) is 0. The molecule has 3 rings (SSSR count). The lowest BCUT2D eigenvalue weighted by Crippen LogP contribution is -2.38. The lowest BCUT2D eigenvalue weighted by molar-refractivity contribution is -0.137. The van der Waals surface area contributed by atoms with Crippen molar-refractivity contribution in [2.45, 2.75) is 6.18 Å². The second kappa shape index (κ2) is 8.08. The van der Waals surface area contributed by atoms with E-state index < -0.39 is 36.1 Å². The number of hydrogen-bond acceptors (Lipinski definition) is 3. The third-order valence-electron chi connectivity index (χ3n) is 3.92. The molecule has 1 aliphatic rings. The number of nitrogens with zero attached hydrogens (tertiary/aromatic N) is 1. The topological polar surface area (TPSA) is 78.5 Å². The summed E-state index contributed by atoms with van der Waals surface area (Å²) in [6, 6.07) is 10.2. The first-order valence-corrected chi connectivity index (χ1v) is 9.00. The minimum atomic E-state index is -4.56. The van der Waals surface area contributed by atoms with Gasteiger partial charge in [-0.2, -0.15) is 13.2 Å². The normalized spacial score (nSPS) is 15.6. The van der Waals surface area contributed by atoms with Gasteiger partial charge in [-0.05, 0) is 42.0 Å². The first-order valence-electron chi connectivity index (χ1n) is 8.21. The van der Waals surface area contributed by atoms with Crippen molar-refractivity contribution >= 4 is 45.5 Å². The van der Waals surface area contributed by atoms with Crippen LogP contribution in [-0.4, -0.2) is 29.3 Å². The van der Waals surface area contributed by atoms with Crippen molar-refractivity contribution in [2.24, 2.45) is 0 Å². The maximum Gasteiger partial charge on any atom is 0.416 e. The molecule has 0 aromatic heterocycles. The second-order valence-electron chi connectivity index (χ2n) is 6.06. The van der Waals surface area contributed by atoms with Crippen LogP contribution in [-0.2, 0) is 15.8 Å². The van der Waals surface area contributed by atoms with Gasteiger partial charge in [0.2, 0.25) is 5.91 Å². The van der Waals surface area contributed by atoms with Gasteiger partial charge in [0.25, 0.3) is 5.91 Å². The zero-order valence-electron chi connectivity index (χ0n) is 14.6. The third-order valence-corrected chi connectivity index (χ3v) is 4.45. The molecular weight excluding hydrogens is 455 g/mol. The van der Waals surface area contributed by atoms with Crippen LogP contribution in [0.2, 0.25) is 0 Å². The van der Waals surface area contributed by atoms with E-state index in [9.17, 15) is 27.6 Å². The molecule has 0 unspecified atom stereocenters. The number of imide groups is 1. The first kappa shape index (κ1) is 20.6. The van der Waals surface area contributed by atoms with Gasteiger partial charge in [0.15, 0.2) is 0 Å². The Bertz CT molecular complexity index is 1000. The summed E-state index contributed by atoms with van der Waals surface area (Å²) in [5.41, 5.74) is -0.371. The summed E-state index contributed by atoms with van der Waals surface area (Å²) in [6.07, 6.45) is -3.10. The summed E-state index contributed by atoms with van der Waals surface area (Å²) in [5.74, 6) is -1.52. The van der Waals surface area contributed by atoms with E-state index in [1.165, 1.54) is 12.1 Å². The molecule has 29 heavy (non-hydrogen) atoms. The maximum atomic E-state index is 12.8. The van der Waals surface area contributed by atoms with Crippen LogP contribution in [0.15, 0.2) is 58.7 Å². The number of carbonyl (C=O) groups excluding carboxylic acids is 3. The quantitative estimate of drug-likeness (QED) is 0.526. The number of amides is 4. The highest BCUT2D eigenvalue weighted by Crippen LogP contribution is 2.30. The highest BCUT2D eigenvalue weighted by atomic mass is 79.9. The number of carbonyl (C=O) groups is 3. The SMILES string of the molecule is O=C(CN1C(=O)N/C(=C\c2ccc(Br)cc2)C1=O)Nc1cccc(C(F)(F)F)c1. The Morgan fingerprint density at radius 1 is 1.14 bits per heavy atom. The van der Waals surface area contributed by atoms with E-state index in [0.717, 1.165) is 22.7 Å². The van der Waals surface area contributed by atoms with Gasteiger partial charge in [-0.3, -0.25) is 9.59 Å². The maximum absolute atomic E-state index is 12.8. The van der Waals surface area contributed by atoms with Crippen molar-refractivity contribution in [3.8, 4) is 0 Å². The van der Waals surface area contributed by atoms with Crippen molar-refractivity contribution in [1.82, 2.24) is 10.2 Å². The van der Waals surface area contributed by atoms with E-state index in [0.29, 0.717) is 10.5 Å². The van der Waals surface area contributed by atoms with Crippen molar-refractivity contribution in [3.63, 3.8) is 0 Å². The zero-order chi connectivity index (χ0) is 21.2. The van der Waals surface area contributed by atoms with Crippen LogP contribution < -0.4 is 10.6 Å². The fourth-order valence-electron chi connectivity index (χ4n) is 2.56. The minimum Gasteiger partial charge on any atom is -0.325 e. The van der Waals surface area contributed by atoms with Crippen molar-refractivity contribution in [3.05, 3.63) is 69.8 Å². The second-order valence-corrected chi connectivity index (χ2v) is 6.97. The molecule has 150 valence electrons. The fraction of sp³-hybridized carbons (Fsp3) is 0.105. The minimum absolute atomic E-state index is 0.0100. The van der Waals surface area contributed by atoms with E-state index >= 15 is 0 Å². The van der Waals surface area contributed by atoms with Crippen LogP contribution >= 0.6 is 15.9 Å². The van der Waals surface area contributed by atoms with Gasteiger partial charge in [0.05, 0.1) is 5.56 Å². The largest absolute Gasteiger partial charge is 0.416 e. The van der Waals surface area contributed by atoms with E-state index in [1.54, 1.807) is 24.3 Å². The van der Waals surface area contributed by atoms with Gasteiger partial charge < -0.3 is 10.6 Å². The van der Waals surface area contributed by atoms with Crippen LogP contribution in [0.1, 0.15) is 11.1 Å². The molecule has 2 aromatic rings. The van der Waals surface area contributed by atoms with Gasteiger partial charge in [0, 0.05) is 10.2 Å². The molecule has 0 atom stereocenters. The lowest BCUT2D eigenvalue weighted by atomic mass is 10.2. The van der Waals surface area contributed by atoms with Gasteiger partial charge in [-0.25, -0.2) is 9.69 Å². The molecule has 1 heterocycles. The van der Waals surface area contributed by atoms with Gasteiger partial charge in [-0.15, -0.1) is 0 Å². The molecule has 10 heteroatoms. The molecular formula is C19H13BrF3N3O3. The summed E-state index contributed by atoms with van der Waals surface area (Å²) in [6.45, 7) is -0.640. The standard InChI is InChI=1S/C19H13BrF3N3O3/c20-13-6-4-11(5-7-13)8-15-17(28)26(18(29)25-15)10-16(27)24-14-3-1-2-12(9-14)19(21,22)23/h1-9H,10H2,(H,24,27)(H,25,29)/b15-8-. The van der Waals surface area contributed by atoms with Gasteiger partial charge in [0.1, 0.15) is 12.2 Å². The van der Waals surface area contributed by atoms with Crippen LogP contribution in [0.3, 0.4) is 0 Å². The number of benzene rings is 2. The molecule has 6 nitrogen and oxygen atoms in total. The first-order chi connectivity index (χ1) is 13.6. The number of nitrogens with one attached hydrogen (secondary N) is 2. The van der Waals surface area contributed by atoms with Crippen LogP contribution in [0, 0.1) is 0 Å². The predicted molar refractivity (Wildman–Crippen MR) is 102 cm³/mol. The van der Waals surface area contributed by atoms with Crippen molar-refractivity contribution < 1.29 is 27.6 Å². The third kappa shape index (κ3) is 5.02. The average Bonchev–Trinajstić information content (AvgIpc) is 2.90. The Labute approximate surface area is 171 Å². The predicted octanol–water partition coefficient (Wildman–Crippen LogP) is 4.00. The van der Waals surface area contributed by atoms with Crippen LogP contribution in [0.25, 0.3) is 6.08 Å². The monoisotopic (exact) mass is 467 g/mol. The lowest BCUT2D eigenvalue weighted by Gasteiger charge is -2.13. The summed E-state index contributed by atoms with van der Waals surface area (Å²) < 4.78 is 39.1. The number of hydrogen-bond donors (Lipinski definition) is 2. The molecule has 1 fully saturated rings. The van der Waals surface area contributed by atoms with Gasteiger partial charge in [-0.1, -0.05) is 34.1 Å². The Morgan fingerprint density at radius 2 is 1.83 bits per heavy atom. The Balaban J connectivity index is 1.68. The molecule has 4 amide bonds. The molecule has 1 saturated heterocycles. The Kier molecular flexibility index (Phi) is 5.73. The van der Waals surface area contributed by atoms with E-state index in [4.69, 9.17) is 0 Å². The summed E-state index contributed by atoms with van der Waals surface area (Å²) in [4.78, 5) is 37.2. The molecule has 0 aliphatic carbocycles. The molecule has 2 N–H and O–H groups in total. The molecule has 0 bridgehead atoms. The number of urea groups is 1. The smallest absolute Gasteiger partial charge is 0.325 e. The van der Waals surface area contributed by atoms with Crippen LogP contribution in [0.5, 0.6) is 0 Å². The summed E-state index contributed by atoms with van der Waals surface area (Å²) in [5, 5.41) is 4.63. The number of anilines is 1.